The SMILES string of the molecule is Cc1ccc(N)c(C)c1S(=O)(=O)N(C)C(C)C1CC1. The van der Waals surface area contributed by atoms with E-state index in [1.165, 1.54) is 4.31 Å². The maximum absolute atomic E-state index is 12.8. The van der Waals surface area contributed by atoms with E-state index in [1.54, 1.807) is 26.1 Å². The van der Waals surface area contributed by atoms with Crippen molar-refractivity contribution in [2.45, 2.75) is 44.6 Å². The zero-order valence-electron chi connectivity index (χ0n) is 12.0. The maximum Gasteiger partial charge on any atom is 0.243 e. The van der Waals surface area contributed by atoms with Gasteiger partial charge in [-0.3, -0.25) is 0 Å². The molecule has 1 unspecified atom stereocenters. The summed E-state index contributed by atoms with van der Waals surface area (Å²) in [7, 11) is -1.81. The molecule has 0 radical (unpaired) electrons. The van der Waals surface area contributed by atoms with Crippen LogP contribution in [0, 0.1) is 19.8 Å². The van der Waals surface area contributed by atoms with Gasteiger partial charge in [0.25, 0.3) is 0 Å². The number of nitrogens with two attached hydrogens (primary N) is 1. The Hall–Kier alpha value is -1.07. The highest BCUT2D eigenvalue weighted by Gasteiger charge is 2.37. The van der Waals surface area contributed by atoms with Gasteiger partial charge in [-0.1, -0.05) is 6.07 Å². The zero-order valence-corrected chi connectivity index (χ0v) is 12.8. The minimum atomic E-state index is -3.47. The van der Waals surface area contributed by atoms with E-state index >= 15 is 0 Å². The molecular formula is C14H22N2O2S. The Morgan fingerprint density at radius 3 is 2.42 bits per heavy atom. The molecule has 106 valence electrons. The number of hydrogen-bond donors (Lipinski definition) is 1. The number of rotatable bonds is 4. The van der Waals surface area contributed by atoms with E-state index in [9.17, 15) is 8.42 Å². The Kier molecular flexibility index (Phi) is 3.62. The molecule has 1 fully saturated rings. The molecule has 1 aromatic carbocycles. The third-order valence-corrected chi connectivity index (χ3v) is 6.39. The molecule has 0 bridgehead atoms. The minimum Gasteiger partial charge on any atom is -0.398 e. The van der Waals surface area contributed by atoms with Crippen molar-refractivity contribution < 1.29 is 8.42 Å². The normalized spacial score (nSPS) is 17.7. The van der Waals surface area contributed by atoms with Gasteiger partial charge < -0.3 is 5.73 Å². The molecule has 5 heteroatoms. The second-order valence-corrected chi connectivity index (χ2v) is 7.46. The summed E-state index contributed by atoms with van der Waals surface area (Å²) in [6, 6.07) is 3.57. The van der Waals surface area contributed by atoms with Crippen molar-refractivity contribution >= 4 is 15.7 Å². The van der Waals surface area contributed by atoms with Crippen molar-refractivity contribution in [3.05, 3.63) is 23.3 Å². The largest absolute Gasteiger partial charge is 0.398 e. The smallest absolute Gasteiger partial charge is 0.243 e. The van der Waals surface area contributed by atoms with Crippen molar-refractivity contribution in [2.75, 3.05) is 12.8 Å². The number of anilines is 1. The Balaban J connectivity index is 2.47. The predicted octanol–water partition coefficient (Wildman–Crippen LogP) is 2.30. The van der Waals surface area contributed by atoms with Crippen LogP contribution in [0.5, 0.6) is 0 Å². The summed E-state index contributed by atoms with van der Waals surface area (Å²) in [6.07, 6.45) is 2.24. The van der Waals surface area contributed by atoms with Crippen molar-refractivity contribution in [2.24, 2.45) is 5.92 Å². The average molecular weight is 282 g/mol. The molecule has 2 rings (SSSR count). The monoisotopic (exact) mass is 282 g/mol. The third kappa shape index (κ3) is 2.49. The number of nitrogen functional groups attached to an aromatic ring is 1. The molecule has 1 atom stereocenters. The summed E-state index contributed by atoms with van der Waals surface area (Å²) < 4.78 is 27.0. The highest BCUT2D eigenvalue weighted by Crippen LogP contribution is 2.37. The number of aryl methyl sites for hydroxylation is 1. The molecule has 1 saturated carbocycles. The molecular weight excluding hydrogens is 260 g/mol. The van der Waals surface area contributed by atoms with E-state index in [2.05, 4.69) is 0 Å². The Bertz CT molecular complexity index is 592. The van der Waals surface area contributed by atoms with Gasteiger partial charge in [0.15, 0.2) is 0 Å². The lowest BCUT2D eigenvalue weighted by Gasteiger charge is -2.26. The van der Waals surface area contributed by atoms with Gasteiger partial charge in [-0.25, -0.2) is 8.42 Å². The highest BCUT2D eigenvalue weighted by atomic mass is 32.2. The zero-order chi connectivity index (χ0) is 14.4. The van der Waals surface area contributed by atoms with E-state index < -0.39 is 10.0 Å². The summed E-state index contributed by atoms with van der Waals surface area (Å²) in [5, 5.41) is 0. The van der Waals surface area contributed by atoms with Gasteiger partial charge in [0.05, 0.1) is 4.90 Å². The van der Waals surface area contributed by atoms with Crippen LogP contribution in [0.4, 0.5) is 5.69 Å². The van der Waals surface area contributed by atoms with Crippen LogP contribution in [-0.2, 0) is 10.0 Å². The highest BCUT2D eigenvalue weighted by molar-refractivity contribution is 7.89. The van der Waals surface area contributed by atoms with Crippen LogP contribution in [0.25, 0.3) is 0 Å². The van der Waals surface area contributed by atoms with Crippen LogP contribution in [0.2, 0.25) is 0 Å². The van der Waals surface area contributed by atoms with Crippen LogP contribution >= 0.6 is 0 Å². The fraction of sp³-hybridized carbons (Fsp3) is 0.571. The van der Waals surface area contributed by atoms with Crippen LogP contribution in [-0.4, -0.2) is 25.8 Å². The fourth-order valence-electron chi connectivity index (χ4n) is 2.48. The molecule has 19 heavy (non-hydrogen) atoms. The first-order valence-electron chi connectivity index (χ1n) is 6.60. The van der Waals surface area contributed by atoms with E-state index in [1.807, 2.05) is 13.8 Å². The fourth-order valence-corrected chi connectivity index (χ4v) is 4.36. The van der Waals surface area contributed by atoms with Crippen molar-refractivity contribution in [3.63, 3.8) is 0 Å². The van der Waals surface area contributed by atoms with E-state index in [4.69, 9.17) is 5.73 Å². The lowest BCUT2D eigenvalue weighted by Crippen LogP contribution is -2.37. The van der Waals surface area contributed by atoms with Crippen molar-refractivity contribution in [3.8, 4) is 0 Å². The molecule has 2 N–H and O–H groups in total. The maximum atomic E-state index is 12.8. The first-order valence-corrected chi connectivity index (χ1v) is 8.04. The number of sulfonamides is 1. The summed E-state index contributed by atoms with van der Waals surface area (Å²) >= 11 is 0. The van der Waals surface area contributed by atoms with Gasteiger partial charge in [0, 0.05) is 18.8 Å². The molecule has 0 saturated heterocycles. The number of nitrogens with zero attached hydrogens (tertiary/aromatic N) is 1. The first kappa shape index (κ1) is 14.3. The minimum absolute atomic E-state index is 0.0465. The predicted molar refractivity (Wildman–Crippen MR) is 77.5 cm³/mol. The Morgan fingerprint density at radius 1 is 1.32 bits per heavy atom. The molecule has 1 aliphatic rings. The van der Waals surface area contributed by atoms with E-state index in [0.717, 1.165) is 18.4 Å². The molecule has 0 heterocycles. The van der Waals surface area contributed by atoms with Gasteiger partial charge in [-0.05, 0) is 56.7 Å². The second kappa shape index (κ2) is 4.80. The summed E-state index contributed by atoms with van der Waals surface area (Å²) in [6.45, 7) is 5.56. The van der Waals surface area contributed by atoms with E-state index in [-0.39, 0.29) is 6.04 Å². The molecule has 1 aromatic rings. The Labute approximate surface area is 115 Å². The average Bonchev–Trinajstić information content (AvgIpc) is 3.16. The molecule has 0 amide bonds. The van der Waals surface area contributed by atoms with Crippen molar-refractivity contribution in [1.82, 2.24) is 4.31 Å². The third-order valence-electron chi connectivity index (χ3n) is 4.16. The van der Waals surface area contributed by atoms with Gasteiger partial charge >= 0.3 is 0 Å². The van der Waals surface area contributed by atoms with Gasteiger partial charge in [0.1, 0.15) is 0 Å². The van der Waals surface area contributed by atoms with Gasteiger partial charge in [-0.15, -0.1) is 0 Å². The lowest BCUT2D eigenvalue weighted by atomic mass is 10.1. The summed E-state index contributed by atoms with van der Waals surface area (Å²) in [4.78, 5) is 0.363. The molecule has 4 nitrogen and oxygen atoms in total. The molecule has 0 aromatic heterocycles. The lowest BCUT2D eigenvalue weighted by molar-refractivity contribution is 0.356. The molecule has 0 aliphatic heterocycles. The number of hydrogen-bond acceptors (Lipinski definition) is 3. The Morgan fingerprint density at radius 2 is 1.89 bits per heavy atom. The quantitative estimate of drug-likeness (QED) is 0.862. The molecule has 0 spiro atoms. The van der Waals surface area contributed by atoms with E-state index in [0.29, 0.717) is 22.1 Å². The van der Waals surface area contributed by atoms with Crippen LogP contribution in [0.15, 0.2) is 17.0 Å². The van der Waals surface area contributed by atoms with Crippen molar-refractivity contribution in [1.29, 1.82) is 0 Å². The van der Waals surface area contributed by atoms with Crippen LogP contribution in [0.1, 0.15) is 30.9 Å². The van der Waals surface area contributed by atoms with Crippen LogP contribution < -0.4 is 5.73 Å². The van der Waals surface area contributed by atoms with Gasteiger partial charge in [-0.2, -0.15) is 4.31 Å². The van der Waals surface area contributed by atoms with Gasteiger partial charge in [0.2, 0.25) is 10.0 Å². The summed E-state index contributed by atoms with van der Waals surface area (Å²) in [5.74, 6) is 0.501. The first-order chi connectivity index (χ1) is 8.76. The standard InChI is InChI=1S/C14H22N2O2S/c1-9-5-8-13(15)10(2)14(9)19(17,18)16(4)11(3)12-6-7-12/h5,8,11-12H,6-7,15H2,1-4H3. The number of benzene rings is 1. The van der Waals surface area contributed by atoms with Crippen LogP contribution in [0.3, 0.4) is 0 Å². The summed E-state index contributed by atoms with van der Waals surface area (Å²) in [5.41, 5.74) is 7.78. The second-order valence-electron chi connectivity index (χ2n) is 5.53. The molecule has 1 aliphatic carbocycles. The topological polar surface area (TPSA) is 63.4 Å².